The molecule has 0 aromatic heterocycles. The molecule has 0 saturated heterocycles. The molecule has 2 atom stereocenters. The number of halogens is 2. The molecular weight excluding hydrogens is 362 g/mol. The number of nitrogens with one attached hydrogen (secondary N) is 2. The molecule has 1 aliphatic carbocycles. The molecule has 150 valence electrons. The Hall–Kier alpha value is -2.47. The van der Waals surface area contributed by atoms with E-state index < -0.39 is 11.6 Å². The molecule has 1 fully saturated rings. The first kappa shape index (κ1) is 20.3. The van der Waals surface area contributed by atoms with Crippen molar-refractivity contribution in [3.05, 3.63) is 65.2 Å². The number of rotatable bonds is 7. The zero-order valence-electron chi connectivity index (χ0n) is 16.4. The summed E-state index contributed by atoms with van der Waals surface area (Å²) < 4.78 is 33.9. The fourth-order valence-corrected chi connectivity index (χ4v) is 3.19. The molecule has 0 unspecified atom stereocenters. The average Bonchev–Trinajstić information content (AvgIpc) is 3.37. The van der Waals surface area contributed by atoms with E-state index in [0.717, 1.165) is 11.6 Å². The second-order valence-corrected chi connectivity index (χ2v) is 8.21. The van der Waals surface area contributed by atoms with Gasteiger partial charge in [-0.2, -0.15) is 0 Å². The quantitative estimate of drug-likeness (QED) is 0.756. The highest BCUT2D eigenvalue weighted by atomic mass is 19.1. The van der Waals surface area contributed by atoms with Crippen LogP contribution in [0.5, 0.6) is 5.75 Å². The molecular formula is C22H26F2N2O2. The van der Waals surface area contributed by atoms with Gasteiger partial charge in [0.2, 0.25) is 5.91 Å². The maximum Gasteiger partial charge on any atom is 0.234 e. The Morgan fingerprint density at radius 1 is 1.18 bits per heavy atom. The largest absolute Gasteiger partial charge is 0.486 e. The minimum absolute atomic E-state index is 0.00834. The van der Waals surface area contributed by atoms with Gasteiger partial charge in [0.25, 0.3) is 0 Å². The van der Waals surface area contributed by atoms with E-state index >= 15 is 0 Å². The van der Waals surface area contributed by atoms with Crippen molar-refractivity contribution in [2.75, 3.05) is 6.54 Å². The van der Waals surface area contributed by atoms with Gasteiger partial charge in [0.1, 0.15) is 12.4 Å². The van der Waals surface area contributed by atoms with Gasteiger partial charge in [-0.15, -0.1) is 0 Å². The summed E-state index contributed by atoms with van der Waals surface area (Å²) in [7, 11) is 0. The normalized spacial score (nSPS) is 18.6. The van der Waals surface area contributed by atoms with Crippen LogP contribution in [0.3, 0.4) is 0 Å². The van der Waals surface area contributed by atoms with Crippen molar-refractivity contribution < 1.29 is 18.3 Å². The average molecular weight is 388 g/mol. The number of carbonyl (C=O) groups excluding carboxylic acids is 1. The Bertz CT molecular complexity index is 834. The van der Waals surface area contributed by atoms with Crippen LogP contribution >= 0.6 is 0 Å². The highest BCUT2D eigenvalue weighted by Gasteiger charge is 2.41. The van der Waals surface area contributed by atoms with Crippen molar-refractivity contribution in [2.24, 2.45) is 0 Å². The Morgan fingerprint density at radius 2 is 1.89 bits per heavy atom. The lowest BCUT2D eigenvalue weighted by Gasteiger charge is -2.20. The minimum Gasteiger partial charge on any atom is -0.486 e. The summed E-state index contributed by atoms with van der Waals surface area (Å²) in [5, 5.41) is 6.03. The number of amides is 1. The highest BCUT2D eigenvalue weighted by Crippen LogP contribution is 2.46. The third-order valence-corrected chi connectivity index (χ3v) is 4.49. The van der Waals surface area contributed by atoms with Gasteiger partial charge in [0, 0.05) is 29.1 Å². The zero-order valence-corrected chi connectivity index (χ0v) is 16.4. The van der Waals surface area contributed by atoms with Crippen LogP contribution in [0, 0.1) is 11.6 Å². The molecule has 0 radical (unpaired) electrons. The number of ether oxygens (including phenoxy) is 1. The van der Waals surface area contributed by atoms with E-state index in [4.69, 9.17) is 4.74 Å². The molecule has 1 aliphatic rings. The summed E-state index contributed by atoms with van der Waals surface area (Å²) in [5.74, 6) is -1.45. The molecule has 1 saturated carbocycles. The fourth-order valence-electron chi connectivity index (χ4n) is 3.19. The smallest absolute Gasteiger partial charge is 0.234 e. The van der Waals surface area contributed by atoms with Gasteiger partial charge >= 0.3 is 0 Å². The predicted octanol–water partition coefficient (Wildman–Crippen LogP) is 3.90. The first-order chi connectivity index (χ1) is 13.2. The van der Waals surface area contributed by atoms with Crippen molar-refractivity contribution in [1.29, 1.82) is 0 Å². The van der Waals surface area contributed by atoms with Crippen molar-refractivity contribution in [2.45, 2.75) is 51.3 Å². The summed E-state index contributed by atoms with van der Waals surface area (Å²) in [6.45, 7) is 6.11. The van der Waals surface area contributed by atoms with Gasteiger partial charge in [-0.05, 0) is 38.8 Å². The van der Waals surface area contributed by atoms with E-state index in [1.807, 2.05) is 51.1 Å². The van der Waals surface area contributed by atoms with Gasteiger partial charge in [-0.25, -0.2) is 8.78 Å². The lowest BCUT2D eigenvalue weighted by molar-refractivity contribution is -0.121. The topological polar surface area (TPSA) is 50.4 Å². The second-order valence-electron chi connectivity index (χ2n) is 8.21. The second kappa shape index (κ2) is 8.27. The summed E-state index contributed by atoms with van der Waals surface area (Å²) in [6.07, 6.45) is 0.702. The maximum absolute atomic E-state index is 14.4. The van der Waals surface area contributed by atoms with E-state index in [1.54, 1.807) is 0 Å². The van der Waals surface area contributed by atoms with E-state index in [0.29, 0.717) is 12.0 Å². The molecule has 6 heteroatoms. The molecule has 2 N–H and O–H groups in total. The summed E-state index contributed by atoms with van der Waals surface area (Å²) >= 11 is 0. The van der Waals surface area contributed by atoms with Crippen LogP contribution in [0.4, 0.5) is 8.78 Å². The molecule has 3 rings (SSSR count). The van der Waals surface area contributed by atoms with Gasteiger partial charge in [-0.1, -0.05) is 30.3 Å². The van der Waals surface area contributed by atoms with E-state index in [9.17, 15) is 13.6 Å². The third kappa shape index (κ3) is 5.52. The van der Waals surface area contributed by atoms with E-state index in [2.05, 4.69) is 10.6 Å². The van der Waals surface area contributed by atoms with Gasteiger partial charge in [0.15, 0.2) is 11.6 Å². The molecule has 2 aromatic carbocycles. The number of benzene rings is 2. The van der Waals surface area contributed by atoms with E-state index in [-0.39, 0.29) is 42.3 Å². The summed E-state index contributed by atoms with van der Waals surface area (Å²) in [6, 6.07) is 11.6. The molecule has 4 nitrogen and oxygen atoms in total. The van der Waals surface area contributed by atoms with Crippen LogP contribution in [0.15, 0.2) is 42.5 Å². The Kier molecular flexibility index (Phi) is 5.98. The summed E-state index contributed by atoms with van der Waals surface area (Å²) in [5.41, 5.74) is 1.11. The first-order valence-electron chi connectivity index (χ1n) is 9.43. The Labute approximate surface area is 164 Å². The van der Waals surface area contributed by atoms with Gasteiger partial charge in [0.05, 0.1) is 6.54 Å². The van der Waals surface area contributed by atoms with Crippen LogP contribution in [-0.4, -0.2) is 24.0 Å². The lowest BCUT2D eigenvalue weighted by atomic mass is 10.1. The van der Waals surface area contributed by atoms with Gasteiger partial charge < -0.3 is 15.4 Å². The molecule has 0 spiro atoms. The summed E-state index contributed by atoms with van der Waals surface area (Å²) in [4.78, 5) is 12.0. The Balaban J connectivity index is 1.64. The molecule has 1 amide bonds. The van der Waals surface area contributed by atoms with Crippen molar-refractivity contribution in [3.8, 4) is 5.75 Å². The van der Waals surface area contributed by atoms with Gasteiger partial charge in [-0.3, -0.25) is 4.79 Å². The number of carbonyl (C=O) groups is 1. The standard InChI is InChI=1S/C22H26F2N2O2/c1-22(2,3)26-20(27)12-25-19-11-16(19)17-9-15(23)10-18(24)21(17)28-13-14-7-5-4-6-8-14/h4-10,16,19,25H,11-13H2,1-3H3,(H,26,27)/t16-,19+/m0/s1. The fraction of sp³-hybridized carbons (Fsp3) is 0.409. The monoisotopic (exact) mass is 388 g/mol. The first-order valence-corrected chi connectivity index (χ1v) is 9.43. The van der Waals surface area contributed by atoms with Crippen molar-refractivity contribution in [1.82, 2.24) is 10.6 Å². The number of hydrogen-bond donors (Lipinski definition) is 2. The minimum atomic E-state index is -0.706. The van der Waals surface area contributed by atoms with Crippen LogP contribution < -0.4 is 15.4 Å². The molecule has 0 aliphatic heterocycles. The molecule has 28 heavy (non-hydrogen) atoms. The van der Waals surface area contributed by atoms with Crippen LogP contribution in [0.2, 0.25) is 0 Å². The third-order valence-electron chi connectivity index (χ3n) is 4.49. The van der Waals surface area contributed by atoms with Crippen LogP contribution in [-0.2, 0) is 11.4 Å². The predicted molar refractivity (Wildman–Crippen MR) is 104 cm³/mol. The van der Waals surface area contributed by atoms with Crippen LogP contribution in [0.1, 0.15) is 44.2 Å². The SMILES string of the molecule is CC(C)(C)NC(=O)CN[C@@H]1C[C@H]1c1cc(F)cc(F)c1OCc1ccccc1. The molecule has 0 bridgehead atoms. The van der Waals surface area contributed by atoms with Crippen LogP contribution in [0.25, 0.3) is 0 Å². The molecule has 0 heterocycles. The van der Waals surface area contributed by atoms with Crippen molar-refractivity contribution in [3.63, 3.8) is 0 Å². The molecule has 2 aromatic rings. The lowest BCUT2D eigenvalue weighted by Crippen LogP contribution is -2.45. The number of hydrogen-bond acceptors (Lipinski definition) is 3. The zero-order chi connectivity index (χ0) is 20.3. The highest BCUT2D eigenvalue weighted by molar-refractivity contribution is 5.78. The Morgan fingerprint density at radius 3 is 2.57 bits per heavy atom. The maximum atomic E-state index is 14.4. The van der Waals surface area contributed by atoms with Crippen molar-refractivity contribution >= 4 is 5.91 Å². The van der Waals surface area contributed by atoms with E-state index in [1.165, 1.54) is 6.07 Å².